The number of rotatable bonds is 2. The van der Waals surface area contributed by atoms with Crippen molar-refractivity contribution < 1.29 is 13.2 Å². The smallest absolute Gasteiger partial charge is 0.352 e. The monoisotopic (exact) mass is 326 g/mol. The van der Waals surface area contributed by atoms with Crippen molar-refractivity contribution in [3.05, 3.63) is 29.8 Å². The summed E-state index contributed by atoms with van der Waals surface area (Å²) in [6, 6.07) is 8.17. The molecule has 126 valence electrons. The topological polar surface area (TPSA) is 30.9 Å². The van der Waals surface area contributed by atoms with Crippen LogP contribution in [-0.2, 0) is 6.42 Å². The Labute approximate surface area is 134 Å². The van der Waals surface area contributed by atoms with Gasteiger partial charge < -0.3 is 10.2 Å². The van der Waals surface area contributed by atoms with Crippen molar-refractivity contribution in [2.24, 2.45) is 4.99 Å². The molecular formula is C16H21F3N4. The van der Waals surface area contributed by atoms with E-state index in [1.54, 1.807) is 7.05 Å². The summed E-state index contributed by atoms with van der Waals surface area (Å²) >= 11 is 0. The number of hydrogen-bond donors (Lipinski definition) is 1. The molecule has 0 aliphatic carbocycles. The number of alkyl halides is 3. The lowest BCUT2D eigenvalue weighted by Crippen LogP contribution is -2.47. The Morgan fingerprint density at radius 1 is 1.30 bits per heavy atom. The van der Waals surface area contributed by atoms with Gasteiger partial charge in [-0.1, -0.05) is 18.2 Å². The Kier molecular flexibility index (Phi) is 4.48. The van der Waals surface area contributed by atoms with Crippen molar-refractivity contribution in [2.45, 2.75) is 25.1 Å². The van der Waals surface area contributed by atoms with Gasteiger partial charge in [-0.3, -0.25) is 9.89 Å². The van der Waals surface area contributed by atoms with Crippen LogP contribution < -0.4 is 10.2 Å². The van der Waals surface area contributed by atoms with Crippen molar-refractivity contribution in [3.8, 4) is 0 Å². The summed E-state index contributed by atoms with van der Waals surface area (Å²) in [5, 5.41) is 3.33. The van der Waals surface area contributed by atoms with E-state index in [9.17, 15) is 13.2 Å². The van der Waals surface area contributed by atoms with Crippen LogP contribution in [0.3, 0.4) is 0 Å². The number of halogens is 3. The fourth-order valence-corrected chi connectivity index (χ4v) is 3.35. The first-order chi connectivity index (χ1) is 11.0. The first-order valence-corrected chi connectivity index (χ1v) is 7.84. The molecule has 0 saturated carbocycles. The first-order valence-electron chi connectivity index (χ1n) is 7.84. The molecule has 7 heteroatoms. The second kappa shape index (κ2) is 6.39. The lowest BCUT2D eigenvalue weighted by Gasteiger charge is -2.25. The Morgan fingerprint density at radius 2 is 2.09 bits per heavy atom. The number of hydrogen-bond acceptors (Lipinski definition) is 2. The highest BCUT2D eigenvalue weighted by Gasteiger charge is 2.35. The third-order valence-electron chi connectivity index (χ3n) is 4.36. The molecule has 1 saturated heterocycles. The summed E-state index contributed by atoms with van der Waals surface area (Å²) < 4.78 is 37.4. The molecule has 0 amide bonds. The van der Waals surface area contributed by atoms with Gasteiger partial charge in [-0.2, -0.15) is 13.2 Å². The Morgan fingerprint density at radius 3 is 2.83 bits per heavy atom. The number of anilines is 1. The zero-order valence-corrected chi connectivity index (χ0v) is 13.1. The first kappa shape index (κ1) is 16.1. The Balaban J connectivity index is 1.62. The van der Waals surface area contributed by atoms with Crippen LogP contribution in [0, 0.1) is 0 Å². The summed E-state index contributed by atoms with van der Waals surface area (Å²) in [5.41, 5.74) is 2.41. The quantitative estimate of drug-likeness (QED) is 0.668. The van der Waals surface area contributed by atoms with Gasteiger partial charge in [0.05, 0.1) is 6.54 Å². The average Bonchev–Trinajstić information content (AvgIpc) is 3.10. The molecule has 0 bridgehead atoms. The number of benzene rings is 1. The van der Waals surface area contributed by atoms with Gasteiger partial charge >= 0.3 is 6.18 Å². The molecule has 2 aliphatic heterocycles. The largest absolute Gasteiger partial charge is 0.401 e. The van der Waals surface area contributed by atoms with Crippen LogP contribution in [0.1, 0.15) is 12.0 Å². The molecule has 1 aromatic carbocycles. The van der Waals surface area contributed by atoms with Crippen molar-refractivity contribution in [1.82, 2.24) is 10.2 Å². The number of likely N-dealkylation sites (tertiary alicyclic amines) is 1. The van der Waals surface area contributed by atoms with Crippen molar-refractivity contribution in [2.75, 3.05) is 38.1 Å². The number of aliphatic imine (C=N–C) groups is 1. The SMILES string of the molecule is CN=C(NC1CCN(CC(F)(F)F)C1)N1CCc2ccccc21. The molecule has 2 heterocycles. The van der Waals surface area contributed by atoms with Crippen LogP contribution in [-0.4, -0.2) is 56.3 Å². The van der Waals surface area contributed by atoms with Crippen LogP contribution in [0.2, 0.25) is 0 Å². The van der Waals surface area contributed by atoms with Gasteiger partial charge in [0.15, 0.2) is 5.96 Å². The molecule has 1 N–H and O–H groups in total. The van der Waals surface area contributed by atoms with Crippen molar-refractivity contribution in [3.63, 3.8) is 0 Å². The molecule has 23 heavy (non-hydrogen) atoms. The van der Waals surface area contributed by atoms with E-state index in [-0.39, 0.29) is 6.04 Å². The van der Waals surface area contributed by atoms with Crippen molar-refractivity contribution >= 4 is 11.6 Å². The van der Waals surface area contributed by atoms with Gasteiger partial charge in [-0.25, -0.2) is 0 Å². The third kappa shape index (κ3) is 3.77. The highest BCUT2D eigenvalue weighted by Crippen LogP contribution is 2.27. The van der Waals surface area contributed by atoms with Gasteiger partial charge in [0.25, 0.3) is 0 Å². The summed E-state index contributed by atoms with van der Waals surface area (Å²) in [4.78, 5) is 7.88. The number of nitrogens with zero attached hydrogens (tertiary/aromatic N) is 3. The Bertz CT molecular complexity index is 585. The molecule has 3 rings (SSSR count). The summed E-state index contributed by atoms with van der Waals surface area (Å²) in [6.07, 6.45) is -2.48. The highest BCUT2D eigenvalue weighted by molar-refractivity contribution is 5.98. The maximum absolute atomic E-state index is 12.5. The zero-order chi connectivity index (χ0) is 16.4. The number of nitrogens with one attached hydrogen (secondary N) is 1. The lowest BCUT2D eigenvalue weighted by molar-refractivity contribution is -0.143. The van der Waals surface area contributed by atoms with E-state index in [4.69, 9.17) is 0 Å². The highest BCUT2D eigenvalue weighted by atomic mass is 19.4. The van der Waals surface area contributed by atoms with E-state index in [1.807, 2.05) is 12.1 Å². The molecule has 2 aliphatic rings. The second-order valence-electron chi connectivity index (χ2n) is 6.06. The Hall–Kier alpha value is -1.76. The molecule has 1 atom stereocenters. The molecule has 1 unspecified atom stereocenters. The normalized spacial score (nSPS) is 22.5. The molecular weight excluding hydrogens is 305 g/mol. The van der Waals surface area contributed by atoms with Crippen LogP contribution in [0.5, 0.6) is 0 Å². The predicted molar refractivity (Wildman–Crippen MR) is 84.9 cm³/mol. The van der Waals surface area contributed by atoms with Crippen LogP contribution in [0.4, 0.5) is 18.9 Å². The van der Waals surface area contributed by atoms with Gasteiger partial charge in [0.1, 0.15) is 0 Å². The van der Waals surface area contributed by atoms with E-state index in [1.165, 1.54) is 10.5 Å². The van der Waals surface area contributed by atoms with Crippen LogP contribution in [0.15, 0.2) is 29.3 Å². The number of guanidine groups is 1. The zero-order valence-electron chi connectivity index (χ0n) is 13.1. The summed E-state index contributed by atoms with van der Waals surface area (Å²) in [5.74, 6) is 0.744. The fourth-order valence-electron chi connectivity index (χ4n) is 3.35. The van der Waals surface area contributed by atoms with Crippen LogP contribution in [0.25, 0.3) is 0 Å². The minimum Gasteiger partial charge on any atom is -0.352 e. The van der Waals surface area contributed by atoms with Crippen molar-refractivity contribution in [1.29, 1.82) is 0 Å². The number of para-hydroxylation sites is 1. The lowest BCUT2D eigenvalue weighted by atomic mass is 10.2. The molecule has 1 fully saturated rings. The van der Waals surface area contributed by atoms with Gasteiger partial charge in [-0.15, -0.1) is 0 Å². The maximum Gasteiger partial charge on any atom is 0.401 e. The summed E-state index contributed by atoms with van der Waals surface area (Å²) in [7, 11) is 1.71. The molecule has 0 spiro atoms. The fraction of sp³-hybridized carbons (Fsp3) is 0.562. The van der Waals surface area contributed by atoms with Crippen LogP contribution >= 0.6 is 0 Å². The third-order valence-corrected chi connectivity index (χ3v) is 4.36. The molecule has 4 nitrogen and oxygen atoms in total. The van der Waals surface area contributed by atoms with E-state index in [2.05, 4.69) is 27.3 Å². The van der Waals surface area contributed by atoms with E-state index < -0.39 is 12.7 Å². The van der Waals surface area contributed by atoms with Gasteiger partial charge in [-0.05, 0) is 24.5 Å². The average molecular weight is 326 g/mol. The summed E-state index contributed by atoms with van der Waals surface area (Å²) in [6.45, 7) is 0.868. The maximum atomic E-state index is 12.5. The molecule has 1 aromatic rings. The predicted octanol–water partition coefficient (Wildman–Crippen LogP) is 2.26. The second-order valence-corrected chi connectivity index (χ2v) is 6.06. The molecule has 0 aromatic heterocycles. The van der Waals surface area contributed by atoms with Gasteiger partial charge in [0, 0.05) is 38.4 Å². The van der Waals surface area contributed by atoms with E-state index >= 15 is 0 Å². The minimum atomic E-state index is -4.13. The minimum absolute atomic E-state index is 0.00353. The molecule has 0 radical (unpaired) electrons. The van der Waals surface area contributed by atoms with E-state index in [0.717, 1.165) is 24.6 Å². The van der Waals surface area contributed by atoms with E-state index in [0.29, 0.717) is 19.5 Å². The standard InChI is InChI=1S/C16H21F3N4/c1-20-15(23-9-6-12-4-2-3-5-14(12)23)21-13-7-8-22(10-13)11-16(17,18)19/h2-5,13H,6-11H2,1H3,(H,20,21). The van der Waals surface area contributed by atoms with Gasteiger partial charge in [0.2, 0.25) is 0 Å². The number of fused-ring (bicyclic) bond motifs is 1.